The molecule has 0 saturated carbocycles. The number of hydrogen-bond acceptors (Lipinski definition) is 6. The van der Waals surface area contributed by atoms with Gasteiger partial charge in [0.25, 0.3) is 5.91 Å². The number of alkyl halides is 3. The molecule has 0 spiro atoms. The lowest BCUT2D eigenvalue weighted by atomic mass is 10.1. The monoisotopic (exact) mass is 547 g/mol. The van der Waals surface area contributed by atoms with Crippen LogP contribution in [0.1, 0.15) is 27.9 Å². The van der Waals surface area contributed by atoms with E-state index in [9.17, 15) is 18.0 Å². The zero-order valence-corrected chi connectivity index (χ0v) is 21.0. The first-order chi connectivity index (χ1) is 18.1. The molecule has 1 fully saturated rings. The number of rotatable bonds is 4. The number of carboxylic acid groups (broad SMARTS) is 1. The fourth-order valence-electron chi connectivity index (χ4n) is 4.37. The molecule has 0 bridgehead atoms. The molecule has 200 valence electrons. The molecular weight excluding hydrogens is 523 g/mol. The second kappa shape index (κ2) is 11.7. The first kappa shape index (κ1) is 27.2. The van der Waals surface area contributed by atoms with E-state index < -0.39 is 12.1 Å². The Kier molecular flexibility index (Phi) is 8.35. The fraction of sp³-hybridized carbons (Fsp3) is 0.308. The number of hydrogen-bond donors (Lipinski definition) is 2. The molecule has 3 aromatic rings. The highest BCUT2D eigenvalue weighted by molar-refractivity contribution is 6.33. The van der Waals surface area contributed by atoms with Crippen LogP contribution >= 0.6 is 11.6 Å². The van der Waals surface area contributed by atoms with E-state index in [-0.39, 0.29) is 5.91 Å². The zero-order valence-electron chi connectivity index (χ0n) is 20.2. The number of benzene rings is 1. The lowest BCUT2D eigenvalue weighted by molar-refractivity contribution is -0.192. The van der Waals surface area contributed by atoms with E-state index in [1.165, 1.54) is 23.2 Å². The number of aromatic nitrogens is 2. The van der Waals surface area contributed by atoms with Gasteiger partial charge in [-0.3, -0.25) is 9.78 Å². The number of carbonyl (C=O) groups excluding carboxylic acids is 1. The number of aryl methyl sites for hydroxylation is 2. The van der Waals surface area contributed by atoms with Gasteiger partial charge in [-0.25, -0.2) is 9.78 Å². The molecular formula is C26H25ClF3N5O3. The van der Waals surface area contributed by atoms with Gasteiger partial charge in [0.1, 0.15) is 5.82 Å². The average Bonchev–Trinajstić information content (AvgIpc) is 3.37. The van der Waals surface area contributed by atoms with Gasteiger partial charge in [0.2, 0.25) is 0 Å². The summed E-state index contributed by atoms with van der Waals surface area (Å²) < 4.78 is 31.7. The van der Waals surface area contributed by atoms with Crippen LogP contribution in [0.25, 0.3) is 0 Å². The van der Waals surface area contributed by atoms with Crippen molar-refractivity contribution < 1.29 is 27.9 Å². The van der Waals surface area contributed by atoms with Gasteiger partial charge in [0.05, 0.1) is 10.6 Å². The number of piperazine rings is 1. The second-order valence-electron chi connectivity index (χ2n) is 8.80. The van der Waals surface area contributed by atoms with Crippen molar-refractivity contribution in [2.45, 2.75) is 25.4 Å². The van der Waals surface area contributed by atoms with Crippen LogP contribution in [-0.4, -0.2) is 59.3 Å². The summed E-state index contributed by atoms with van der Waals surface area (Å²) >= 11 is 6.53. The van der Waals surface area contributed by atoms with Gasteiger partial charge in [0, 0.05) is 56.1 Å². The van der Waals surface area contributed by atoms with Crippen molar-refractivity contribution in [2.75, 3.05) is 41.3 Å². The summed E-state index contributed by atoms with van der Waals surface area (Å²) in [4.78, 5) is 34.7. The number of carboxylic acids is 1. The molecule has 0 radical (unpaired) electrons. The quantitative estimate of drug-likeness (QED) is 0.483. The summed E-state index contributed by atoms with van der Waals surface area (Å²) in [6.07, 6.45) is 3.54. The van der Waals surface area contributed by atoms with Crippen molar-refractivity contribution >= 4 is 40.7 Å². The number of fused-ring (bicyclic) bond motifs is 1. The van der Waals surface area contributed by atoms with E-state index in [1.54, 1.807) is 12.3 Å². The maximum Gasteiger partial charge on any atom is 0.490 e. The maximum atomic E-state index is 12.7. The SMILES string of the molecule is O=C(Nc1ccc2c(c1)CCC2)c1cnc(N2CCN(c3ccncc3)CC2)c(Cl)c1.O=C(O)C(F)(F)F. The minimum absolute atomic E-state index is 0.193. The lowest BCUT2D eigenvalue weighted by Crippen LogP contribution is -2.47. The van der Waals surface area contributed by atoms with Crippen LogP contribution in [0.5, 0.6) is 0 Å². The Labute approximate surface area is 222 Å². The molecule has 1 saturated heterocycles. The van der Waals surface area contributed by atoms with Crippen molar-refractivity contribution in [3.8, 4) is 0 Å². The maximum absolute atomic E-state index is 12.7. The summed E-state index contributed by atoms with van der Waals surface area (Å²) in [6, 6.07) is 11.9. The number of anilines is 3. The number of pyridine rings is 2. The van der Waals surface area contributed by atoms with E-state index in [1.807, 2.05) is 30.6 Å². The molecule has 1 aliphatic carbocycles. The molecule has 0 unspecified atom stereocenters. The molecule has 2 N–H and O–H groups in total. The highest BCUT2D eigenvalue weighted by Gasteiger charge is 2.38. The Hall–Kier alpha value is -3.86. The number of halogens is 4. The summed E-state index contributed by atoms with van der Waals surface area (Å²) in [6.45, 7) is 3.39. The van der Waals surface area contributed by atoms with Gasteiger partial charge >= 0.3 is 12.1 Å². The van der Waals surface area contributed by atoms with Crippen molar-refractivity contribution in [1.29, 1.82) is 0 Å². The molecule has 5 rings (SSSR count). The van der Waals surface area contributed by atoms with Crippen LogP contribution in [0.3, 0.4) is 0 Å². The van der Waals surface area contributed by atoms with E-state index in [4.69, 9.17) is 21.5 Å². The molecule has 1 aliphatic heterocycles. The van der Waals surface area contributed by atoms with Gasteiger partial charge in [-0.05, 0) is 60.7 Å². The fourth-order valence-corrected chi connectivity index (χ4v) is 4.66. The molecule has 1 amide bonds. The molecule has 3 heterocycles. The molecule has 12 heteroatoms. The standard InChI is InChI=1S/C24H24ClN5O.C2HF3O2/c25-22-15-19(24(31)28-20-5-4-17-2-1-3-18(17)14-20)16-27-23(22)30-12-10-29(11-13-30)21-6-8-26-9-7-21;3-2(4,5)1(6)7/h4-9,14-16H,1-3,10-13H2,(H,28,31);(H,6,7). The first-order valence-corrected chi connectivity index (χ1v) is 12.3. The first-order valence-electron chi connectivity index (χ1n) is 11.9. The number of nitrogens with one attached hydrogen (secondary N) is 1. The zero-order chi connectivity index (χ0) is 27.3. The summed E-state index contributed by atoms with van der Waals surface area (Å²) in [5.41, 5.74) is 5.17. The average molecular weight is 548 g/mol. The normalized spacial score (nSPS) is 14.8. The van der Waals surface area contributed by atoms with Gasteiger partial charge in [-0.2, -0.15) is 13.2 Å². The molecule has 1 aromatic carbocycles. The Bertz CT molecular complexity index is 1300. The third-order valence-electron chi connectivity index (χ3n) is 6.29. The van der Waals surface area contributed by atoms with Crippen LogP contribution in [0.4, 0.5) is 30.4 Å². The predicted molar refractivity (Wildman–Crippen MR) is 138 cm³/mol. The topological polar surface area (TPSA) is 98.7 Å². The summed E-state index contributed by atoms with van der Waals surface area (Å²) in [5.74, 6) is -2.22. The van der Waals surface area contributed by atoms with Crippen LogP contribution < -0.4 is 15.1 Å². The number of amides is 1. The Morgan fingerprint density at radius 1 is 0.947 bits per heavy atom. The van der Waals surface area contributed by atoms with Crippen LogP contribution in [0, 0.1) is 0 Å². The van der Waals surface area contributed by atoms with Crippen molar-refractivity contribution in [3.63, 3.8) is 0 Å². The van der Waals surface area contributed by atoms with E-state index in [2.05, 4.69) is 37.2 Å². The van der Waals surface area contributed by atoms with Crippen LogP contribution in [0.15, 0.2) is 55.0 Å². The van der Waals surface area contributed by atoms with Gasteiger partial charge < -0.3 is 20.2 Å². The van der Waals surface area contributed by atoms with Crippen LogP contribution in [0.2, 0.25) is 5.02 Å². The lowest BCUT2D eigenvalue weighted by Gasteiger charge is -2.37. The predicted octanol–water partition coefficient (Wildman–Crippen LogP) is 4.83. The Morgan fingerprint density at radius 3 is 2.21 bits per heavy atom. The minimum atomic E-state index is -5.08. The number of carbonyl (C=O) groups is 2. The smallest absolute Gasteiger partial charge is 0.475 e. The van der Waals surface area contributed by atoms with Crippen molar-refractivity contribution in [1.82, 2.24) is 9.97 Å². The number of aliphatic carboxylic acids is 1. The van der Waals surface area contributed by atoms with Crippen molar-refractivity contribution in [2.24, 2.45) is 0 Å². The minimum Gasteiger partial charge on any atom is -0.475 e. The Morgan fingerprint density at radius 2 is 1.58 bits per heavy atom. The van der Waals surface area contributed by atoms with E-state index >= 15 is 0 Å². The van der Waals surface area contributed by atoms with Crippen molar-refractivity contribution in [3.05, 3.63) is 76.7 Å². The highest BCUT2D eigenvalue weighted by atomic mass is 35.5. The summed E-state index contributed by atoms with van der Waals surface area (Å²) in [5, 5.41) is 10.6. The molecule has 8 nitrogen and oxygen atoms in total. The van der Waals surface area contributed by atoms with Crippen LogP contribution in [-0.2, 0) is 17.6 Å². The van der Waals surface area contributed by atoms with Gasteiger partial charge in [0.15, 0.2) is 0 Å². The molecule has 38 heavy (non-hydrogen) atoms. The highest BCUT2D eigenvalue weighted by Crippen LogP contribution is 2.28. The third-order valence-corrected chi connectivity index (χ3v) is 6.57. The molecule has 2 aliphatic rings. The van der Waals surface area contributed by atoms with Gasteiger partial charge in [-0.15, -0.1) is 0 Å². The molecule has 2 aromatic heterocycles. The second-order valence-corrected chi connectivity index (χ2v) is 9.21. The van der Waals surface area contributed by atoms with Gasteiger partial charge in [-0.1, -0.05) is 17.7 Å². The third kappa shape index (κ3) is 6.71. The summed E-state index contributed by atoms with van der Waals surface area (Å²) in [7, 11) is 0. The van der Waals surface area contributed by atoms with E-state index in [0.29, 0.717) is 10.6 Å². The largest absolute Gasteiger partial charge is 0.490 e. The number of nitrogens with zero attached hydrogens (tertiary/aromatic N) is 4. The van der Waals surface area contributed by atoms with E-state index in [0.717, 1.165) is 50.5 Å². The Balaban J connectivity index is 0.000000426. The molecule has 0 atom stereocenters.